The Morgan fingerprint density at radius 2 is 2.38 bits per heavy atom. The van der Waals surface area contributed by atoms with E-state index in [4.69, 9.17) is 4.74 Å². The van der Waals surface area contributed by atoms with Crippen LogP contribution in [0.1, 0.15) is 17.0 Å². The van der Waals surface area contributed by atoms with Crippen LogP contribution < -0.4 is 10.1 Å². The average molecular weight is 177 g/mol. The van der Waals surface area contributed by atoms with E-state index in [9.17, 15) is 0 Å². The van der Waals surface area contributed by atoms with Gasteiger partial charge >= 0.3 is 0 Å². The second kappa shape index (κ2) is 3.38. The second-order valence-electron chi connectivity index (χ2n) is 3.55. The van der Waals surface area contributed by atoms with Crippen LogP contribution in [0.3, 0.4) is 0 Å². The Bertz CT molecular complexity index is 307. The van der Waals surface area contributed by atoms with Crippen LogP contribution in [0.2, 0.25) is 0 Å². The molecule has 0 aromatic heterocycles. The number of hydrogen-bond donors (Lipinski definition) is 1. The third-order valence-corrected chi connectivity index (χ3v) is 2.58. The summed E-state index contributed by atoms with van der Waals surface area (Å²) < 4.78 is 5.60. The highest BCUT2D eigenvalue weighted by molar-refractivity contribution is 5.45. The van der Waals surface area contributed by atoms with Gasteiger partial charge in [0.25, 0.3) is 0 Å². The maximum absolute atomic E-state index is 5.60. The standard InChI is InChI=1S/C11H15NO/c1-8-4-3-5-10-11(8)9(6-12-2)7-13-10/h3-5,9,12H,6-7H2,1-2H3. The molecule has 70 valence electrons. The number of nitrogens with one attached hydrogen (secondary N) is 1. The fraction of sp³-hybridized carbons (Fsp3) is 0.455. The third-order valence-electron chi connectivity index (χ3n) is 2.58. The van der Waals surface area contributed by atoms with Crippen LogP contribution in [0.4, 0.5) is 0 Å². The van der Waals surface area contributed by atoms with Crippen molar-refractivity contribution in [3.63, 3.8) is 0 Å². The zero-order valence-corrected chi connectivity index (χ0v) is 8.13. The van der Waals surface area contributed by atoms with Crippen molar-refractivity contribution in [3.8, 4) is 5.75 Å². The van der Waals surface area contributed by atoms with Crippen molar-refractivity contribution >= 4 is 0 Å². The van der Waals surface area contributed by atoms with Crippen LogP contribution >= 0.6 is 0 Å². The first kappa shape index (κ1) is 8.57. The van der Waals surface area contributed by atoms with E-state index in [2.05, 4.69) is 30.4 Å². The van der Waals surface area contributed by atoms with Gasteiger partial charge in [-0.1, -0.05) is 12.1 Å². The quantitative estimate of drug-likeness (QED) is 0.742. The fourth-order valence-electron chi connectivity index (χ4n) is 1.98. The lowest BCUT2D eigenvalue weighted by molar-refractivity contribution is 0.328. The molecule has 1 N–H and O–H groups in total. The largest absolute Gasteiger partial charge is 0.493 e. The number of ether oxygens (including phenoxy) is 1. The molecule has 0 amide bonds. The molecule has 13 heavy (non-hydrogen) atoms. The monoisotopic (exact) mass is 177 g/mol. The third kappa shape index (κ3) is 1.42. The molecule has 1 aromatic rings. The molecular weight excluding hydrogens is 162 g/mol. The van der Waals surface area contributed by atoms with E-state index in [0.717, 1.165) is 18.9 Å². The molecule has 1 atom stereocenters. The van der Waals surface area contributed by atoms with Crippen molar-refractivity contribution in [1.82, 2.24) is 5.32 Å². The molecule has 0 aliphatic carbocycles. The molecule has 0 fully saturated rings. The highest BCUT2D eigenvalue weighted by Crippen LogP contribution is 2.35. The van der Waals surface area contributed by atoms with Crippen molar-refractivity contribution in [2.24, 2.45) is 0 Å². The Morgan fingerprint density at radius 3 is 3.15 bits per heavy atom. The van der Waals surface area contributed by atoms with Crippen molar-refractivity contribution in [1.29, 1.82) is 0 Å². The number of likely N-dealkylation sites (N-methyl/N-ethyl adjacent to an activating group) is 1. The molecule has 1 aromatic carbocycles. The molecule has 2 heteroatoms. The Hall–Kier alpha value is -1.02. The van der Waals surface area contributed by atoms with Crippen LogP contribution in [0.15, 0.2) is 18.2 Å². The highest BCUT2D eigenvalue weighted by Gasteiger charge is 2.24. The van der Waals surface area contributed by atoms with Gasteiger partial charge in [0.05, 0.1) is 6.61 Å². The maximum atomic E-state index is 5.60. The van der Waals surface area contributed by atoms with Crippen LogP contribution in [-0.4, -0.2) is 20.2 Å². The normalized spacial score (nSPS) is 19.7. The van der Waals surface area contributed by atoms with E-state index >= 15 is 0 Å². The van der Waals surface area contributed by atoms with E-state index in [1.165, 1.54) is 11.1 Å². The molecule has 1 unspecified atom stereocenters. The lowest BCUT2D eigenvalue weighted by Gasteiger charge is -2.09. The van der Waals surface area contributed by atoms with Gasteiger partial charge in [-0.3, -0.25) is 0 Å². The number of rotatable bonds is 2. The lowest BCUT2D eigenvalue weighted by atomic mass is 9.97. The molecule has 0 spiro atoms. The summed E-state index contributed by atoms with van der Waals surface area (Å²) in [4.78, 5) is 0. The van der Waals surface area contributed by atoms with E-state index in [1.807, 2.05) is 7.05 Å². The molecule has 1 aliphatic heterocycles. The highest BCUT2D eigenvalue weighted by atomic mass is 16.5. The van der Waals surface area contributed by atoms with Gasteiger partial charge in [-0.2, -0.15) is 0 Å². The van der Waals surface area contributed by atoms with Gasteiger partial charge in [0.15, 0.2) is 0 Å². The van der Waals surface area contributed by atoms with Gasteiger partial charge in [0.2, 0.25) is 0 Å². The molecule has 1 aliphatic rings. The zero-order chi connectivity index (χ0) is 9.26. The van der Waals surface area contributed by atoms with Crippen molar-refractivity contribution in [2.45, 2.75) is 12.8 Å². The molecule has 2 nitrogen and oxygen atoms in total. The molecular formula is C11H15NO. The summed E-state index contributed by atoms with van der Waals surface area (Å²) in [6, 6.07) is 6.25. The predicted molar refractivity (Wildman–Crippen MR) is 53.3 cm³/mol. The smallest absolute Gasteiger partial charge is 0.123 e. The van der Waals surface area contributed by atoms with Crippen LogP contribution in [0, 0.1) is 6.92 Å². The minimum absolute atomic E-state index is 0.529. The number of aryl methyl sites for hydroxylation is 1. The summed E-state index contributed by atoms with van der Waals surface area (Å²) >= 11 is 0. The zero-order valence-electron chi connectivity index (χ0n) is 8.13. The fourth-order valence-corrected chi connectivity index (χ4v) is 1.98. The van der Waals surface area contributed by atoms with Gasteiger partial charge in [-0.25, -0.2) is 0 Å². The summed E-state index contributed by atoms with van der Waals surface area (Å²) in [6.07, 6.45) is 0. The van der Waals surface area contributed by atoms with Gasteiger partial charge in [-0.05, 0) is 25.6 Å². The summed E-state index contributed by atoms with van der Waals surface area (Å²) in [5, 5.41) is 3.20. The minimum atomic E-state index is 0.529. The van der Waals surface area contributed by atoms with Crippen molar-refractivity contribution < 1.29 is 4.74 Å². The van der Waals surface area contributed by atoms with Gasteiger partial charge < -0.3 is 10.1 Å². The Morgan fingerprint density at radius 1 is 1.54 bits per heavy atom. The van der Waals surface area contributed by atoms with Gasteiger partial charge in [0.1, 0.15) is 5.75 Å². The number of fused-ring (bicyclic) bond motifs is 1. The molecule has 0 saturated heterocycles. The van der Waals surface area contributed by atoms with E-state index in [-0.39, 0.29) is 0 Å². The summed E-state index contributed by atoms with van der Waals surface area (Å²) in [6.45, 7) is 3.97. The maximum Gasteiger partial charge on any atom is 0.123 e. The van der Waals surface area contributed by atoms with E-state index < -0.39 is 0 Å². The van der Waals surface area contributed by atoms with Gasteiger partial charge in [0, 0.05) is 18.0 Å². The van der Waals surface area contributed by atoms with Crippen LogP contribution in [-0.2, 0) is 0 Å². The summed E-state index contributed by atoms with van der Waals surface area (Å²) in [5.41, 5.74) is 2.73. The molecule has 0 radical (unpaired) electrons. The SMILES string of the molecule is CNCC1COc2cccc(C)c21. The first-order chi connectivity index (χ1) is 6.33. The lowest BCUT2D eigenvalue weighted by Crippen LogP contribution is -2.18. The first-order valence-corrected chi connectivity index (χ1v) is 4.70. The van der Waals surface area contributed by atoms with E-state index in [1.54, 1.807) is 0 Å². The van der Waals surface area contributed by atoms with E-state index in [0.29, 0.717) is 5.92 Å². The molecule has 2 rings (SSSR count). The first-order valence-electron chi connectivity index (χ1n) is 4.70. The molecule has 0 bridgehead atoms. The molecule has 0 saturated carbocycles. The number of benzene rings is 1. The Kier molecular flexibility index (Phi) is 2.23. The summed E-state index contributed by atoms with van der Waals surface area (Å²) in [5.74, 6) is 1.60. The minimum Gasteiger partial charge on any atom is -0.493 e. The summed E-state index contributed by atoms with van der Waals surface area (Å²) in [7, 11) is 1.98. The predicted octanol–water partition coefficient (Wildman–Crippen LogP) is 1.69. The van der Waals surface area contributed by atoms with Gasteiger partial charge in [-0.15, -0.1) is 0 Å². The number of hydrogen-bond acceptors (Lipinski definition) is 2. The average Bonchev–Trinajstić information content (AvgIpc) is 2.51. The Balaban J connectivity index is 2.34. The molecule has 1 heterocycles. The second-order valence-corrected chi connectivity index (χ2v) is 3.55. The van der Waals surface area contributed by atoms with Crippen LogP contribution in [0.5, 0.6) is 5.75 Å². The van der Waals surface area contributed by atoms with Crippen molar-refractivity contribution in [2.75, 3.05) is 20.2 Å². The topological polar surface area (TPSA) is 21.3 Å². The van der Waals surface area contributed by atoms with Crippen molar-refractivity contribution in [3.05, 3.63) is 29.3 Å². The Labute approximate surface area is 78.9 Å². The van der Waals surface area contributed by atoms with Crippen LogP contribution in [0.25, 0.3) is 0 Å².